The van der Waals surface area contributed by atoms with Crippen LogP contribution in [0.1, 0.15) is 27.2 Å². The predicted octanol–water partition coefficient (Wildman–Crippen LogP) is 2.34. The number of esters is 1. The zero-order valence-electron chi connectivity index (χ0n) is 19.6. The standard InChI is InChI=1S/C26H30N2O6/c1-4-33-24(32)20-19-23(31)28(11-12-29)21(26(19)14-15(2)25(20,3)34-26)22(30)27-18-10-9-16-7-5-6-8-17(16)13-18/h5-10,13,15,19-21,29H,4,11-12,14H2,1-3H3,(H,27,30)/t15?,19-,20-,21?,25+,26?/m0/s1. The van der Waals surface area contributed by atoms with Crippen molar-refractivity contribution in [2.45, 2.75) is 44.4 Å². The van der Waals surface area contributed by atoms with Crippen molar-refractivity contribution in [3.63, 3.8) is 0 Å². The third kappa shape index (κ3) is 3.08. The average Bonchev–Trinajstić information content (AvgIpc) is 3.31. The van der Waals surface area contributed by atoms with Gasteiger partial charge in [-0.05, 0) is 49.1 Å². The van der Waals surface area contributed by atoms with Crippen LogP contribution < -0.4 is 5.32 Å². The third-order valence-electron chi connectivity index (χ3n) is 7.96. The quantitative estimate of drug-likeness (QED) is 0.634. The molecule has 180 valence electrons. The van der Waals surface area contributed by atoms with Crippen LogP contribution >= 0.6 is 0 Å². The molecule has 6 atom stereocenters. The van der Waals surface area contributed by atoms with Gasteiger partial charge < -0.3 is 24.8 Å². The fraction of sp³-hybridized carbons (Fsp3) is 0.500. The summed E-state index contributed by atoms with van der Waals surface area (Å²) >= 11 is 0. The van der Waals surface area contributed by atoms with Crippen molar-refractivity contribution in [3.8, 4) is 0 Å². The summed E-state index contributed by atoms with van der Waals surface area (Å²) in [6.07, 6.45) is 0.466. The number of aliphatic hydroxyl groups excluding tert-OH is 1. The summed E-state index contributed by atoms with van der Waals surface area (Å²) in [7, 11) is 0. The Balaban J connectivity index is 1.53. The van der Waals surface area contributed by atoms with Gasteiger partial charge in [0.25, 0.3) is 0 Å². The number of carbonyl (C=O) groups is 3. The zero-order chi connectivity index (χ0) is 24.3. The van der Waals surface area contributed by atoms with E-state index < -0.39 is 35.0 Å². The first-order valence-corrected chi connectivity index (χ1v) is 11.8. The molecule has 2 aromatic rings. The van der Waals surface area contributed by atoms with Crippen molar-refractivity contribution in [3.05, 3.63) is 42.5 Å². The maximum absolute atomic E-state index is 13.7. The molecule has 0 saturated carbocycles. The minimum Gasteiger partial charge on any atom is -0.466 e. The van der Waals surface area contributed by atoms with Crippen molar-refractivity contribution in [1.82, 2.24) is 4.90 Å². The van der Waals surface area contributed by atoms with Crippen molar-refractivity contribution in [1.29, 1.82) is 0 Å². The van der Waals surface area contributed by atoms with Crippen LogP contribution in [0.2, 0.25) is 0 Å². The molecule has 2 aromatic carbocycles. The van der Waals surface area contributed by atoms with Gasteiger partial charge >= 0.3 is 5.97 Å². The Labute approximate surface area is 198 Å². The van der Waals surface area contributed by atoms with E-state index in [9.17, 15) is 19.5 Å². The van der Waals surface area contributed by atoms with Crippen LogP contribution in [0.15, 0.2) is 42.5 Å². The number of nitrogens with zero attached hydrogens (tertiary/aromatic N) is 1. The summed E-state index contributed by atoms with van der Waals surface area (Å²) in [5.41, 5.74) is -1.45. The third-order valence-corrected chi connectivity index (χ3v) is 7.96. The number of hydrogen-bond donors (Lipinski definition) is 2. The van der Waals surface area contributed by atoms with E-state index in [-0.39, 0.29) is 37.5 Å². The molecule has 3 saturated heterocycles. The maximum atomic E-state index is 13.7. The van der Waals surface area contributed by atoms with E-state index >= 15 is 0 Å². The highest BCUT2D eigenvalue weighted by atomic mass is 16.6. The van der Waals surface area contributed by atoms with Crippen LogP contribution in [-0.4, -0.2) is 64.8 Å². The van der Waals surface area contributed by atoms with E-state index in [2.05, 4.69) is 5.32 Å². The van der Waals surface area contributed by atoms with E-state index in [0.717, 1.165) is 10.8 Å². The lowest BCUT2D eigenvalue weighted by Crippen LogP contribution is -2.54. The SMILES string of the molecule is CCOC(=O)[C@@H]1[C@H]2C(=O)N(CCO)C(C(=O)Nc3ccc4ccccc4c3)C23CC(C)[C@@]1(C)O3. The molecule has 0 radical (unpaired) electrons. The number of rotatable bonds is 6. The van der Waals surface area contributed by atoms with Gasteiger partial charge in [-0.1, -0.05) is 37.3 Å². The van der Waals surface area contributed by atoms with Gasteiger partial charge in [0.05, 0.1) is 24.7 Å². The summed E-state index contributed by atoms with van der Waals surface area (Å²) in [4.78, 5) is 41.7. The van der Waals surface area contributed by atoms with Crippen LogP contribution in [0, 0.1) is 17.8 Å². The van der Waals surface area contributed by atoms with E-state index in [0.29, 0.717) is 12.1 Å². The number of fused-ring (bicyclic) bond motifs is 2. The molecule has 3 unspecified atom stereocenters. The zero-order valence-corrected chi connectivity index (χ0v) is 19.6. The van der Waals surface area contributed by atoms with E-state index in [1.54, 1.807) is 6.92 Å². The number of benzene rings is 2. The molecule has 5 rings (SSSR count). The number of ether oxygens (including phenoxy) is 2. The largest absolute Gasteiger partial charge is 0.466 e. The normalized spacial score (nSPS) is 33.9. The molecule has 2 amide bonds. The van der Waals surface area contributed by atoms with Crippen LogP contribution in [0.25, 0.3) is 10.8 Å². The molecule has 0 aromatic heterocycles. The van der Waals surface area contributed by atoms with Gasteiger partial charge in [-0.15, -0.1) is 0 Å². The fourth-order valence-electron chi connectivity index (χ4n) is 6.46. The summed E-state index contributed by atoms with van der Waals surface area (Å²) in [5.74, 6) is -2.90. The van der Waals surface area contributed by atoms with Gasteiger partial charge in [-0.25, -0.2) is 0 Å². The molecule has 8 heteroatoms. The van der Waals surface area contributed by atoms with E-state index in [4.69, 9.17) is 9.47 Å². The Kier molecular flexibility index (Phi) is 5.41. The van der Waals surface area contributed by atoms with Crippen molar-refractivity contribution >= 4 is 34.2 Å². The molecule has 3 fully saturated rings. The second-order valence-corrected chi connectivity index (χ2v) is 9.76. The molecule has 8 nitrogen and oxygen atoms in total. The molecule has 2 bridgehead atoms. The number of aliphatic hydroxyl groups is 1. The first kappa shape index (κ1) is 22.8. The Bertz CT molecular complexity index is 1170. The lowest BCUT2D eigenvalue weighted by atomic mass is 9.62. The highest BCUT2D eigenvalue weighted by Crippen LogP contribution is 2.65. The van der Waals surface area contributed by atoms with E-state index in [1.807, 2.05) is 56.3 Å². The highest BCUT2D eigenvalue weighted by molar-refractivity contribution is 6.04. The number of carbonyl (C=O) groups excluding carboxylic acids is 3. The number of anilines is 1. The molecule has 3 aliphatic heterocycles. The van der Waals surface area contributed by atoms with Gasteiger partial charge in [-0.2, -0.15) is 0 Å². The Morgan fingerprint density at radius 1 is 1.24 bits per heavy atom. The smallest absolute Gasteiger partial charge is 0.312 e. The average molecular weight is 467 g/mol. The lowest BCUT2D eigenvalue weighted by Gasteiger charge is -2.35. The maximum Gasteiger partial charge on any atom is 0.312 e. The summed E-state index contributed by atoms with van der Waals surface area (Å²) in [6.45, 7) is 5.42. The minimum atomic E-state index is -1.15. The topological polar surface area (TPSA) is 105 Å². The number of hydrogen-bond acceptors (Lipinski definition) is 6. The monoisotopic (exact) mass is 466 g/mol. The minimum absolute atomic E-state index is 0.0170. The van der Waals surface area contributed by atoms with Gasteiger partial charge in [0.1, 0.15) is 17.6 Å². The molecule has 3 heterocycles. The van der Waals surface area contributed by atoms with Crippen molar-refractivity contribution in [2.24, 2.45) is 17.8 Å². The molecule has 2 N–H and O–H groups in total. The summed E-state index contributed by atoms with van der Waals surface area (Å²) in [6, 6.07) is 12.5. The second kappa shape index (κ2) is 8.06. The highest BCUT2D eigenvalue weighted by Gasteiger charge is 2.80. The summed E-state index contributed by atoms with van der Waals surface area (Å²) in [5, 5.41) is 14.7. The van der Waals surface area contributed by atoms with Gasteiger partial charge in [-0.3, -0.25) is 14.4 Å². The first-order chi connectivity index (χ1) is 16.3. The Morgan fingerprint density at radius 3 is 2.68 bits per heavy atom. The number of nitrogens with one attached hydrogen (secondary N) is 1. The molecular weight excluding hydrogens is 436 g/mol. The van der Waals surface area contributed by atoms with Crippen molar-refractivity contribution < 1.29 is 29.0 Å². The van der Waals surface area contributed by atoms with Gasteiger partial charge in [0.2, 0.25) is 11.8 Å². The Hall–Kier alpha value is -2.97. The van der Waals surface area contributed by atoms with E-state index in [1.165, 1.54) is 4.90 Å². The molecule has 34 heavy (non-hydrogen) atoms. The number of β-amino-alcohol motifs (C(OH)–C–C–N with tert-alkyl or cyclic N) is 1. The predicted molar refractivity (Wildman–Crippen MR) is 125 cm³/mol. The second-order valence-electron chi connectivity index (χ2n) is 9.76. The van der Waals surface area contributed by atoms with Gasteiger partial charge in [0.15, 0.2) is 0 Å². The number of likely N-dealkylation sites (tertiary alicyclic amines) is 1. The lowest BCUT2D eigenvalue weighted by molar-refractivity contribution is -0.161. The molecule has 0 aliphatic carbocycles. The number of amides is 2. The van der Waals surface area contributed by atoms with Crippen molar-refractivity contribution in [2.75, 3.05) is 25.1 Å². The molecule has 3 aliphatic rings. The first-order valence-electron chi connectivity index (χ1n) is 11.8. The van der Waals surface area contributed by atoms with Crippen LogP contribution in [0.5, 0.6) is 0 Å². The van der Waals surface area contributed by atoms with Crippen LogP contribution in [0.4, 0.5) is 5.69 Å². The molecule has 1 spiro atoms. The molecular formula is C26H30N2O6. The van der Waals surface area contributed by atoms with Gasteiger partial charge in [0, 0.05) is 12.2 Å². The fourth-order valence-corrected chi connectivity index (χ4v) is 6.46. The van der Waals surface area contributed by atoms with Crippen LogP contribution in [-0.2, 0) is 23.9 Å². The van der Waals surface area contributed by atoms with Crippen LogP contribution in [0.3, 0.4) is 0 Å². The summed E-state index contributed by atoms with van der Waals surface area (Å²) < 4.78 is 11.9. The Morgan fingerprint density at radius 2 is 1.97 bits per heavy atom.